The molecule has 0 atom stereocenters. The Morgan fingerprint density at radius 1 is 0.696 bits per heavy atom. The molecule has 2 heteroatoms. The second-order valence-electron chi connectivity index (χ2n) is 5.60. The van der Waals surface area contributed by atoms with Crippen molar-refractivity contribution in [3.63, 3.8) is 0 Å². The Bertz CT molecular complexity index is 780. The summed E-state index contributed by atoms with van der Waals surface area (Å²) in [6.45, 7) is 4.08. The lowest BCUT2D eigenvalue weighted by Crippen LogP contribution is -2.18. The summed E-state index contributed by atoms with van der Waals surface area (Å²) >= 11 is 0. The monoisotopic (exact) mass is 303 g/mol. The Morgan fingerprint density at radius 3 is 1.43 bits per heavy atom. The van der Waals surface area contributed by atoms with Gasteiger partial charge in [0.05, 0.1) is 11.4 Å². The number of aromatic nitrogens is 1. The summed E-state index contributed by atoms with van der Waals surface area (Å²) in [6.07, 6.45) is 1.45. The van der Waals surface area contributed by atoms with Crippen LogP contribution in [0.2, 0.25) is 0 Å². The summed E-state index contributed by atoms with van der Waals surface area (Å²) in [4.78, 5) is 16.6. The lowest BCUT2D eigenvalue weighted by atomic mass is 9.96. The van der Waals surface area contributed by atoms with Crippen molar-refractivity contribution in [1.82, 2.24) is 4.98 Å². The van der Waals surface area contributed by atoms with Gasteiger partial charge in [0.1, 0.15) is 0 Å². The molecule has 0 aliphatic rings. The molecule has 0 radical (unpaired) electrons. The fraction of sp³-hybridized carbons (Fsp3) is 0.190. The van der Waals surface area contributed by atoms with E-state index in [-0.39, 0.29) is 5.43 Å². The summed E-state index contributed by atoms with van der Waals surface area (Å²) in [5.41, 5.74) is 5.90. The molecule has 0 unspecified atom stereocenters. The van der Waals surface area contributed by atoms with Crippen LogP contribution in [0.4, 0.5) is 0 Å². The van der Waals surface area contributed by atoms with Crippen LogP contribution < -0.4 is 5.43 Å². The average molecular weight is 303 g/mol. The zero-order valence-corrected chi connectivity index (χ0v) is 13.6. The Balaban J connectivity index is 2.33. The van der Waals surface area contributed by atoms with Gasteiger partial charge >= 0.3 is 0 Å². The molecule has 0 aliphatic heterocycles. The first kappa shape index (κ1) is 15.3. The maximum Gasteiger partial charge on any atom is 0.189 e. The van der Waals surface area contributed by atoms with E-state index >= 15 is 0 Å². The third kappa shape index (κ3) is 2.85. The Labute approximate surface area is 136 Å². The molecule has 3 aromatic rings. The van der Waals surface area contributed by atoms with Crippen LogP contribution in [0.15, 0.2) is 65.5 Å². The molecule has 0 bridgehead atoms. The number of hydrogen-bond donors (Lipinski definition) is 1. The van der Waals surface area contributed by atoms with Crippen LogP contribution in [0.5, 0.6) is 0 Å². The van der Waals surface area contributed by atoms with Crippen molar-refractivity contribution in [3.8, 4) is 22.5 Å². The number of H-pyrrole nitrogens is 1. The van der Waals surface area contributed by atoms with Crippen LogP contribution in [0.25, 0.3) is 22.5 Å². The molecular weight excluding hydrogens is 282 g/mol. The van der Waals surface area contributed by atoms with Gasteiger partial charge in [-0.05, 0) is 24.0 Å². The van der Waals surface area contributed by atoms with Gasteiger partial charge in [-0.25, -0.2) is 0 Å². The maximum absolute atomic E-state index is 13.0. The summed E-state index contributed by atoms with van der Waals surface area (Å²) < 4.78 is 0. The molecule has 1 aromatic heterocycles. The predicted molar refractivity (Wildman–Crippen MR) is 96.7 cm³/mol. The molecule has 1 N–H and O–H groups in total. The van der Waals surface area contributed by atoms with E-state index in [1.54, 1.807) is 0 Å². The highest BCUT2D eigenvalue weighted by Crippen LogP contribution is 2.27. The summed E-state index contributed by atoms with van der Waals surface area (Å²) in [7, 11) is 0. The zero-order valence-electron chi connectivity index (χ0n) is 13.6. The summed E-state index contributed by atoms with van der Waals surface area (Å²) in [5, 5.41) is 0. The molecule has 1 heterocycles. The average Bonchev–Trinajstić information content (AvgIpc) is 2.62. The van der Waals surface area contributed by atoms with Crippen LogP contribution in [0.1, 0.15) is 25.0 Å². The number of benzene rings is 2. The standard InChI is InChI=1S/C21H21NO/c1-3-17-19(15-11-7-5-8-12-15)22-20(18(4-2)21(17)23)16-13-9-6-10-14-16/h5-14H,3-4H2,1-2H3,(H,22,23). The Hall–Kier alpha value is -2.61. The third-order valence-corrected chi connectivity index (χ3v) is 4.23. The SMILES string of the molecule is CCc1c(-c2ccccc2)[nH]c(-c2ccccc2)c(CC)c1=O. The van der Waals surface area contributed by atoms with E-state index in [0.717, 1.165) is 46.5 Å². The minimum Gasteiger partial charge on any atom is -0.354 e. The highest BCUT2D eigenvalue weighted by atomic mass is 16.1. The van der Waals surface area contributed by atoms with Crippen molar-refractivity contribution in [1.29, 1.82) is 0 Å². The molecule has 23 heavy (non-hydrogen) atoms. The fourth-order valence-electron chi connectivity index (χ4n) is 3.06. The van der Waals surface area contributed by atoms with Crippen molar-refractivity contribution >= 4 is 0 Å². The first-order valence-electron chi connectivity index (χ1n) is 8.15. The largest absolute Gasteiger partial charge is 0.354 e. The smallest absolute Gasteiger partial charge is 0.189 e. The predicted octanol–water partition coefficient (Wildman–Crippen LogP) is 4.83. The van der Waals surface area contributed by atoms with Crippen molar-refractivity contribution in [2.45, 2.75) is 26.7 Å². The maximum atomic E-state index is 13.0. The molecule has 2 nitrogen and oxygen atoms in total. The van der Waals surface area contributed by atoms with Crippen molar-refractivity contribution in [2.24, 2.45) is 0 Å². The normalized spacial score (nSPS) is 10.7. The summed E-state index contributed by atoms with van der Waals surface area (Å²) in [6, 6.07) is 20.2. The number of rotatable bonds is 4. The molecule has 116 valence electrons. The number of aromatic amines is 1. The van der Waals surface area contributed by atoms with Gasteiger partial charge in [-0.1, -0.05) is 74.5 Å². The molecule has 0 saturated heterocycles. The Morgan fingerprint density at radius 2 is 1.09 bits per heavy atom. The van der Waals surface area contributed by atoms with Gasteiger partial charge in [0.2, 0.25) is 0 Å². The van der Waals surface area contributed by atoms with Gasteiger partial charge in [-0.15, -0.1) is 0 Å². The minimum atomic E-state index is 0.173. The highest BCUT2D eigenvalue weighted by Gasteiger charge is 2.16. The molecule has 0 aliphatic carbocycles. The van der Waals surface area contributed by atoms with Gasteiger partial charge < -0.3 is 4.98 Å². The first-order chi connectivity index (χ1) is 11.3. The first-order valence-corrected chi connectivity index (χ1v) is 8.15. The lowest BCUT2D eigenvalue weighted by molar-refractivity contribution is 1.02. The molecule has 0 spiro atoms. The van der Waals surface area contributed by atoms with E-state index in [4.69, 9.17) is 0 Å². The third-order valence-electron chi connectivity index (χ3n) is 4.23. The van der Waals surface area contributed by atoms with E-state index in [2.05, 4.69) is 4.98 Å². The van der Waals surface area contributed by atoms with Crippen LogP contribution in [0, 0.1) is 0 Å². The van der Waals surface area contributed by atoms with Crippen LogP contribution in [-0.2, 0) is 12.8 Å². The number of hydrogen-bond acceptors (Lipinski definition) is 1. The number of nitrogens with one attached hydrogen (secondary N) is 1. The topological polar surface area (TPSA) is 32.9 Å². The van der Waals surface area contributed by atoms with Crippen molar-refractivity contribution in [2.75, 3.05) is 0 Å². The molecular formula is C21H21NO. The van der Waals surface area contributed by atoms with Gasteiger partial charge in [-0.2, -0.15) is 0 Å². The molecule has 0 saturated carbocycles. The van der Waals surface area contributed by atoms with Gasteiger partial charge in [0.25, 0.3) is 0 Å². The molecule has 3 rings (SSSR count). The minimum absolute atomic E-state index is 0.173. The van der Waals surface area contributed by atoms with E-state index < -0.39 is 0 Å². The lowest BCUT2D eigenvalue weighted by Gasteiger charge is -2.15. The fourth-order valence-corrected chi connectivity index (χ4v) is 3.06. The molecule has 0 fully saturated rings. The quantitative estimate of drug-likeness (QED) is 0.735. The molecule has 0 amide bonds. The highest BCUT2D eigenvalue weighted by molar-refractivity contribution is 5.71. The van der Waals surface area contributed by atoms with E-state index in [9.17, 15) is 4.79 Å². The van der Waals surface area contributed by atoms with E-state index in [0.29, 0.717) is 0 Å². The van der Waals surface area contributed by atoms with Crippen LogP contribution in [-0.4, -0.2) is 4.98 Å². The van der Waals surface area contributed by atoms with E-state index in [1.165, 1.54) is 0 Å². The number of pyridine rings is 1. The van der Waals surface area contributed by atoms with Gasteiger partial charge in [0, 0.05) is 11.1 Å². The van der Waals surface area contributed by atoms with Crippen molar-refractivity contribution in [3.05, 3.63) is 82.0 Å². The Kier molecular flexibility index (Phi) is 4.42. The van der Waals surface area contributed by atoms with Gasteiger partial charge in [-0.3, -0.25) is 4.79 Å². The van der Waals surface area contributed by atoms with Crippen LogP contribution in [0.3, 0.4) is 0 Å². The summed E-state index contributed by atoms with van der Waals surface area (Å²) in [5.74, 6) is 0. The second-order valence-corrected chi connectivity index (χ2v) is 5.60. The van der Waals surface area contributed by atoms with Crippen LogP contribution >= 0.6 is 0 Å². The van der Waals surface area contributed by atoms with E-state index in [1.807, 2.05) is 74.5 Å². The second kappa shape index (κ2) is 6.66. The van der Waals surface area contributed by atoms with Crippen molar-refractivity contribution < 1.29 is 0 Å². The zero-order chi connectivity index (χ0) is 16.2. The molecule has 2 aromatic carbocycles. The van der Waals surface area contributed by atoms with Gasteiger partial charge in [0.15, 0.2) is 5.43 Å².